The van der Waals surface area contributed by atoms with E-state index in [1.807, 2.05) is 13.8 Å². The Morgan fingerprint density at radius 1 is 1.00 bits per heavy atom. The molecule has 53 heavy (non-hydrogen) atoms. The Labute approximate surface area is 307 Å². The third-order valence-corrected chi connectivity index (χ3v) is 8.04. The Kier molecular flexibility index (Phi) is 12.2. The van der Waals surface area contributed by atoms with Crippen molar-refractivity contribution in [3.63, 3.8) is 0 Å². The average molecular weight is 758 g/mol. The number of carbonyl (C=O) groups excluding carboxylic acids is 3. The van der Waals surface area contributed by atoms with Crippen LogP contribution in [0.15, 0.2) is 72.8 Å². The number of aromatic nitrogens is 2. The number of hydrogen-bond acceptors (Lipinski definition) is 9. The molecule has 12 nitrogen and oxygen atoms in total. The fourth-order valence-electron chi connectivity index (χ4n) is 5.13. The fraction of sp³-hybridized carbons (Fsp3) is 0.306. The molecule has 0 aliphatic carbocycles. The van der Waals surface area contributed by atoms with Crippen molar-refractivity contribution in [3.8, 4) is 11.8 Å². The van der Waals surface area contributed by atoms with Crippen molar-refractivity contribution < 1.29 is 41.4 Å². The van der Waals surface area contributed by atoms with Gasteiger partial charge in [0.15, 0.2) is 6.61 Å². The number of hydrogen-bond donors (Lipinski definition) is 4. The first kappa shape index (κ1) is 38.6. The largest absolute Gasteiger partial charge is 0.494 e. The van der Waals surface area contributed by atoms with Gasteiger partial charge in [-0.3, -0.25) is 14.4 Å². The molecule has 6 bridgehead atoms. The first-order chi connectivity index (χ1) is 25.1. The predicted molar refractivity (Wildman–Crippen MR) is 190 cm³/mol. The highest BCUT2D eigenvalue weighted by Crippen LogP contribution is 2.25. The first-order valence-electron chi connectivity index (χ1n) is 16.4. The molecule has 280 valence electrons. The number of rotatable bonds is 3. The van der Waals surface area contributed by atoms with Gasteiger partial charge in [-0.05, 0) is 72.0 Å². The van der Waals surface area contributed by atoms with E-state index in [0.29, 0.717) is 23.4 Å². The summed E-state index contributed by atoms with van der Waals surface area (Å²) in [5.41, 5.74) is 0.940. The number of halogens is 5. The van der Waals surface area contributed by atoms with Gasteiger partial charge in [0, 0.05) is 49.2 Å². The van der Waals surface area contributed by atoms with Gasteiger partial charge in [0.2, 0.25) is 0 Å². The average Bonchev–Trinajstić information content (AvgIpc) is 3.11. The topological polar surface area (TPSA) is 147 Å². The van der Waals surface area contributed by atoms with Crippen molar-refractivity contribution >= 4 is 52.3 Å². The molecule has 4 aliphatic rings. The number of carbonyl (C=O) groups is 3. The van der Waals surface area contributed by atoms with E-state index in [9.17, 15) is 31.9 Å². The van der Waals surface area contributed by atoms with Crippen LogP contribution in [0.2, 0.25) is 5.02 Å². The van der Waals surface area contributed by atoms with Gasteiger partial charge in [0.25, 0.3) is 5.91 Å². The zero-order valence-corrected chi connectivity index (χ0v) is 29.4. The van der Waals surface area contributed by atoms with Crippen LogP contribution in [0.4, 0.5) is 40.6 Å². The van der Waals surface area contributed by atoms with E-state index in [0.717, 1.165) is 11.6 Å². The third-order valence-electron chi connectivity index (χ3n) is 7.73. The molecule has 3 aromatic carbocycles. The van der Waals surface area contributed by atoms with Crippen molar-refractivity contribution in [2.75, 3.05) is 48.8 Å². The number of amides is 3. The van der Waals surface area contributed by atoms with Gasteiger partial charge in [-0.2, -0.15) is 23.1 Å². The van der Waals surface area contributed by atoms with Crippen molar-refractivity contribution in [3.05, 3.63) is 94.8 Å². The summed E-state index contributed by atoms with van der Waals surface area (Å²) in [6.45, 7) is 2.85. The number of nitrogens with zero attached hydrogens (tertiary/aromatic N) is 3. The van der Waals surface area contributed by atoms with E-state index < -0.39 is 47.7 Å². The lowest BCUT2D eigenvalue weighted by Crippen LogP contribution is -2.48. The lowest BCUT2D eigenvalue weighted by Gasteiger charge is -2.32. The summed E-state index contributed by atoms with van der Waals surface area (Å²) in [6.07, 6.45) is -4.25. The summed E-state index contributed by atoms with van der Waals surface area (Å²) < 4.78 is 63.3. The maximum atomic E-state index is 14.0. The van der Waals surface area contributed by atoms with Crippen molar-refractivity contribution in [1.82, 2.24) is 20.2 Å². The predicted octanol–water partition coefficient (Wildman–Crippen LogP) is 6.57. The number of alkyl halides is 3. The highest BCUT2D eigenvalue weighted by Gasteiger charge is 2.30. The van der Waals surface area contributed by atoms with E-state index >= 15 is 0 Å². The summed E-state index contributed by atoms with van der Waals surface area (Å²) >= 11 is 5.74. The Bertz CT molecular complexity index is 1930. The van der Waals surface area contributed by atoms with Crippen LogP contribution < -0.4 is 30.7 Å². The van der Waals surface area contributed by atoms with Crippen LogP contribution in [0.25, 0.3) is 0 Å². The van der Waals surface area contributed by atoms with Crippen LogP contribution in [-0.4, -0.2) is 71.6 Å². The van der Waals surface area contributed by atoms with Crippen LogP contribution in [0, 0.1) is 11.2 Å². The molecule has 0 saturated heterocycles. The van der Waals surface area contributed by atoms with Crippen molar-refractivity contribution in [1.29, 1.82) is 0 Å². The first-order valence-corrected chi connectivity index (χ1v) is 16.8. The quantitative estimate of drug-likeness (QED) is 0.135. The maximum Gasteiger partial charge on any atom is 0.422 e. The van der Waals surface area contributed by atoms with Crippen LogP contribution in [-0.2, 0) is 16.1 Å². The molecule has 3 amide bonds. The van der Waals surface area contributed by atoms with E-state index in [2.05, 4.69) is 31.2 Å². The third kappa shape index (κ3) is 11.7. The van der Waals surface area contributed by atoms with E-state index in [1.165, 1.54) is 23.1 Å². The monoisotopic (exact) mass is 757 g/mol. The van der Waals surface area contributed by atoms with E-state index in [4.69, 9.17) is 21.1 Å². The minimum absolute atomic E-state index is 0.0614. The molecule has 0 unspecified atom stereocenters. The van der Waals surface area contributed by atoms with Gasteiger partial charge in [-0.15, -0.1) is 0 Å². The Hall–Kier alpha value is -5.64. The molecule has 0 spiro atoms. The second-order valence-corrected chi connectivity index (χ2v) is 13.3. The summed E-state index contributed by atoms with van der Waals surface area (Å²) in [5, 5.41) is 11.2. The minimum Gasteiger partial charge on any atom is -0.494 e. The minimum atomic E-state index is -4.59. The molecule has 1 aromatic heterocycles. The van der Waals surface area contributed by atoms with Gasteiger partial charge >= 0.3 is 24.0 Å². The smallest absolute Gasteiger partial charge is 0.422 e. The summed E-state index contributed by atoms with van der Waals surface area (Å²) in [6, 6.07) is 18.0. The normalized spacial score (nSPS) is 15.2. The number of benzene rings is 3. The van der Waals surface area contributed by atoms with Crippen molar-refractivity contribution in [2.24, 2.45) is 5.41 Å². The maximum absolute atomic E-state index is 14.0. The van der Waals surface area contributed by atoms with Crippen LogP contribution in [0.1, 0.15) is 36.2 Å². The van der Waals surface area contributed by atoms with Gasteiger partial charge < -0.3 is 35.6 Å². The van der Waals surface area contributed by atoms with Crippen LogP contribution in [0.3, 0.4) is 0 Å². The van der Waals surface area contributed by atoms with Crippen LogP contribution in [0.5, 0.6) is 11.8 Å². The summed E-state index contributed by atoms with van der Waals surface area (Å²) in [5.74, 6) is -2.11. The highest BCUT2D eigenvalue weighted by molar-refractivity contribution is 6.39. The summed E-state index contributed by atoms with van der Waals surface area (Å²) in [7, 11) is 0. The van der Waals surface area contributed by atoms with Gasteiger partial charge in [0.05, 0.1) is 11.6 Å². The number of anilines is 4. The lowest BCUT2D eigenvalue weighted by atomic mass is 9.92. The second kappa shape index (κ2) is 16.8. The zero-order valence-electron chi connectivity index (χ0n) is 28.7. The van der Waals surface area contributed by atoms with E-state index in [-0.39, 0.29) is 55.1 Å². The molecule has 0 fully saturated rings. The molecule has 4 aliphatic heterocycles. The van der Waals surface area contributed by atoms with Crippen molar-refractivity contribution in [2.45, 2.75) is 33.0 Å². The molecule has 4 N–H and O–H groups in total. The number of nitrogens with one attached hydrogen (secondary N) is 4. The van der Waals surface area contributed by atoms with Gasteiger partial charge in [-0.1, -0.05) is 37.6 Å². The molecular formula is C36H36ClF4N7O5. The Balaban J connectivity index is 1.35. The highest BCUT2D eigenvalue weighted by atomic mass is 35.5. The fourth-order valence-corrected chi connectivity index (χ4v) is 5.25. The number of ether oxygens (including phenoxy) is 2. The molecule has 0 radical (unpaired) electrons. The second-order valence-electron chi connectivity index (χ2n) is 12.9. The van der Waals surface area contributed by atoms with Gasteiger partial charge in [0.1, 0.15) is 23.2 Å². The molecule has 8 rings (SSSR count). The van der Waals surface area contributed by atoms with Crippen LogP contribution >= 0.6 is 11.6 Å². The molecule has 17 heteroatoms. The Morgan fingerprint density at radius 2 is 1.72 bits per heavy atom. The lowest BCUT2D eigenvalue weighted by molar-refractivity contribution is -0.154. The Morgan fingerprint density at radius 3 is 2.42 bits per heavy atom. The van der Waals surface area contributed by atoms with Gasteiger partial charge in [-0.25, -0.2) is 4.39 Å². The molecule has 4 aromatic rings. The van der Waals surface area contributed by atoms with E-state index in [1.54, 1.807) is 48.5 Å². The molecule has 0 saturated carbocycles. The molecular weight excluding hydrogens is 722 g/mol. The SMILES string of the molecule is CC1(C)CNC(=O)c2ccc(cc2)Nc2cc(nc(OCC(F)(F)F)n2)NCc2ccc(cc2)OCCCN(C(=O)C(=O)Nc2ccc(Cl)c(F)c2)C1. The summed E-state index contributed by atoms with van der Waals surface area (Å²) in [4.78, 5) is 49.0. The standard InChI is InChI=1S/C36H36ClF4N7O5/c1-35(2)19-43-31(49)23-6-8-24(9-7-23)44-30-17-29(46-34(47-30)53-21-36(39,40)41)42-18-22-4-11-26(12-5-22)52-15-3-14-48(20-35)33(51)32(50)45-25-10-13-27(37)28(38)16-25/h4-13,16-17H,3,14-15,18-21H2,1-2H3,(H,43,49)(H,45,50)(H2,42,44,46,47). The molecule has 5 heterocycles. The zero-order chi connectivity index (χ0) is 38.2. The molecule has 0 atom stereocenters.